The number of nitrogens with two attached hydrogens (primary N) is 1. The van der Waals surface area contributed by atoms with Gasteiger partial charge in [-0.15, -0.1) is 0 Å². The molecule has 0 atom stereocenters. The zero-order chi connectivity index (χ0) is 15.4. The van der Waals surface area contributed by atoms with Gasteiger partial charge >= 0.3 is 5.69 Å². The number of para-hydroxylation sites is 1. The van der Waals surface area contributed by atoms with Crippen LogP contribution in [0.25, 0.3) is 0 Å². The van der Waals surface area contributed by atoms with Crippen LogP contribution in [-0.2, 0) is 0 Å². The Labute approximate surface area is 128 Å². The van der Waals surface area contributed by atoms with E-state index in [0.29, 0.717) is 5.69 Å². The molecule has 2 rings (SSSR count). The predicted octanol–water partition coefficient (Wildman–Crippen LogP) is 2.90. The molecule has 0 aromatic heterocycles. The molecule has 7 nitrogen and oxygen atoms in total. The van der Waals surface area contributed by atoms with E-state index in [1.807, 2.05) is 0 Å². The van der Waals surface area contributed by atoms with Gasteiger partial charge in [-0.3, -0.25) is 20.8 Å². The van der Waals surface area contributed by atoms with Crippen LogP contribution in [0.3, 0.4) is 0 Å². The highest BCUT2D eigenvalue weighted by Gasteiger charge is 2.24. The fraction of sp³-hybridized carbons (Fsp3) is 0. The Kier molecular flexibility index (Phi) is 4.51. The second-order valence-corrected chi connectivity index (χ2v) is 4.98. The van der Waals surface area contributed by atoms with Gasteiger partial charge in [0.05, 0.1) is 4.92 Å². The van der Waals surface area contributed by atoms with Crippen LogP contribution in [0.2, 0.25) is 0 Å². The van der Waals surface area contributed by atoms with E-state index in [4.69, 9.17) is 5.84 Å². The van der Waals surface area contributed by atoms with Gasteiger partial charge in [0.15, 0.2) is 0 Å². The summed E-state index contributed by atoms with van der Waals surface area (Å²) in [6, 6.07) is 11.2. The van der Waals surface area contributed by atoms with Crippen molar-refractivity contribution in [2.24, 2.45) is 5.84 Å². The van der Waals surface area contributed by atoms with Crippen LogP contribution in [0.15, 0.2) is 46.9 Å². The summed E-state index contributed by atoms with van der Waals surface area (Å²) in [4.78, 5) is 22.7. The fourth-order valence-corrected chi connectivity index (χ4v) is 2.20. The van der Waals surface area contributed by atoms with Crippen molar-refractivity contribution in [3.05, 3.63) is 62.6 Å². The molecule has 0 bridgehead atoms. The first-order valence-corrected chi connectivity index (χ1v) is 6.63. The highest BCUT2D eigenvalue weighted by Crippen LogP contribution is 2.28. The number of hydrazine groups is 1. The average molecular weight is 351 g/mol. The quantitative estimate of drug-likeness (QED) is 0.446. The van der Waals surface area contributed by atoms with Gasteiger partial charge in [-0.05, 0) is 30.3 Å². The predicted molar refractivity (Wildman–Crippen MR) is 83.0 cm³/mol. The van der Waals surface area contributed by atoms with Crippen LogP contribution in [0.4, 0.5) is 17.1 Å². The number of nitrogen functional groups attached to an aromatic ring is 1. The van der Waals surface area contributed by atoms with E-state index >= 15 is 0 Å². The molecule has 8 heteroatoms. The Morgan fingerprint density at radius 3 is 2.57 bits per heavy atom. The largest absolute Gasteiger partial charge is 0.322 e. The van der Waals surface area contributed by atoms with E-state index in [1.165, 1.54) is 18.2 Å². The monoisotopic (exact) mass is 350 g/mol. The van der Waals surface area contributed by atoms with Crippen molar-refractivity contribution >= 4 is 38.9 Å². The lowest BCUT2D eigenvalue weighted by Gasteiger charge is -2.08. The first-order valence-electron chi connectivity index (χ1n) is 5.84. The molecular weight excluding hydrogens is 340 g/mol. The van der Waals surface area contributed by atoms with E-state index in [0.717, 1.165) is 4.47 Å². The molecule has 0 saturated carbocycles. The van der Waals surface area contributed by atoms with Gasteiger partial charge < -0.3 is 10.7 Å². The molecule has 0 aliphatic heterocycles. The summed E-state index contributed by atoms with van der Waals surface area (Å²) < 4.78 is 0.784. The maximum Gasteiger partial charge on any atom is 0.306 e. The Bertz CT molecular complexity index is 706. The molecule has 0 unspecified atom stereocenters. The van der Waals surface area contributed by atoms with E-state index in [9.17, 15) is 14.9 Å². The lowest BCUT2D eigenvalue weighted by atomic mass is 10.1. The molecule has 4 N–H and O–H groups in total. The minimum Gasteiger partial charge on any atom is -0.322 e. The Morgan fingerprint density at radius 2 is 1.95 bits per heavy atom. The molecule has 0 aliphatic rings. The number of nitro benzene ring substituents is 1. The first kappa shape index (κ1) is 14.9. The molecule has 0 saturated heterocycles. The van der Waals surface area contributed by atoms with E-state index in [2.05, 4.69) is 26.7 Å². The number of nitrogens with one attached hydrogen (secondary N) is 2. The van der Waals surface area contributed by atoms with Gasteiger partial charge in [0.1, 0.15) is 11.3 Å². The van der Waals surface area contributed by atoms with Crippen molar-refractivity contribution in [1.29, 1.82) is 0 Å². The van der Waals surface area contributed by atoms with Gasteiger partial charge in [-0.2, -0.15) is 0 Å². The number of carbonyl (C=O) groups is 1. The van der Waals surface area contributed by atoms with E-state index < -0.39 is 10.8 Å². The van der Waals surface area contributed by atoms with Gasteiger partial charge in [0.25, 0.3) is 5.91 Å². The minimum atomic E-state index is -0.648. The van der Waals surface area contributed by atoms with Crippen LogP contribution in [0.5, 0.6) is 0 Å². The molecule has 0 aliphatic carbocycles. The Hall–Kier alpha value is -2.45. The highest BCUT2D eigenvalue weighted by atomic mass is 79.9. The summed E-state index contributed by atoms with van der Waals surface area (Å²) in [5.74, 6) is 4.65. The maximum atomic E-state index is 12.2. The minimum absolute atomic E-state index is 0.0712. The van der Waals surface area contributed by atoms with Gasteiger partial charge in [0, 0.05) is 10.2 Å². The van der Waals surface area contributed by atoms with Gasteiger partial charge in [0.2, 0.25) is 0 Å². The zero-order valence-electron chi connectivity index (χ0n) is 10.7. The summed E-state index contributed by atoms with van der Waals surface area (Å²) in [6.07, 6.45) is 0. The average Bonchev–Trinajstić information content (AvgIpc) is 2.46. The lowest BCUT2D eigenvalue weighted by Crippen LogP contribution is -2.16. The summed E-state index contributed by atoms with van der Waals surface area (Å²) in [5, 5.41) is 13.7. The van der Waals surface area contributed by atoms with Crippen molar-refractivity contribution in [2.75, 3.05) is 10.7 Å². The molecule has 21 heavy (non-hydrogen) atoms. The number of halogens is 1. The smallest absolute Gasteiger partial charge is 0.306 e. The second kappa shape index (κ2) is 6.33. The normalized spacial score (nSPS) is 10.0. The number of amides is 1. The number of hydrogen-bond donors (Lipinski definition) is 3. The standard InChI is InChI=1S/C13H11BrN4O3/c14-8-3-1-4-9(7-8)16-13(19)10-5-2-6-11(17-15)12(10)18(20)21/h1-7,17H,15H2,(H,16,19). The zero-order valence-corrected chi connectivity index (χ0v) is 12.3. The lowest BCUT2D eigenvalue weighted by molar-refractivity contribution is -0.384. The van der Waals surface area contributed by atoms with Crippen LogP contribution in [-0.4, -0.2) is 10.8 Å². The number of nitro groups is 1. The molecule has 2 aromatic rings. The number of benzene rings is 2. The second-order valence-electron chi connectivity index (χ2n) is 4.07. The third-order valence-electron chi connectivity index (χ3n) is 2.70. The molecular formula is C13H11BrN4O3. The van der Waals surface area contributed by atoms with E-state index in [1.54, 1.807) is 24.3 Å². The third-order valence-corrected chi connectivity index (χ3v) is 3.19. The summed E-state index contributed by atoms with van der Waals surface area (Å²) in [6.45, 7) is 0. The topological polar surface area (TPSA) is 110 Å². The van der Waals surface area contributed by atoms with Crippen LogP contribution in [0, 0.1) is 10.1 Å². The molecule has 2 aromatic carbocycles. The van der Waals surface area contributed by atoms with Crippen LogP contribution >= 0.6 is 15.9 Å². The molecule has 0 radical (unpaired) electrons. The van der Waals surface area contributed by atoms with Crippen molar-refractivity contribution in [3.8, 4) is 0 Å². The maximum absolute atomic E-state index is 12.2. The first-order chi connectivity index (χ1) is 10.0. The third kappa shape index (κ3) is 3.36. The molecule has 0 spiro atoms. The molecule has 1 amide bonds. The van der Waals surface area contributed by atoms with Crippen molar-refractivity contribution in [3.63, 3.8) is 0 Å². The fourth-order valence-electron chi connectivity index (χ4n) is 1.80. The summed E-state index contributed by atoms with van der Waals surface area (Å²) in [5.41, 5.74) is 2.37. The molecule has 0 heterocycles. The van der Waals surface area contributed by atoms with Gasteiger partial charge in [-0.1, -0.05) is 28.1 Å². The SMILES string of the molecule is NNc1cccc(C(=O)Nc2cccc(Br)c2)c1[N+](=O)[O-]. The Balaban J connectivity index is 2.37. The number of nitrogens with zero attached hydrogens (tertiary/aromatic N) is 1. The number of anilines is 2. The Morgan fingerprint density at radius 1 is 1.24 bits per heavy atom. The molecule has 108 valence electrons. The molecule has 0 fully saturated rings. The summed E-state index contributed by atoms with van der Waals surface area (Å²) in [7, 11) is 0. The number of hydrogen-bond acceptors (Lipinski definition) is 5. The van der Waals surface area contributed by atoms with Crippen LogP contribution in [0.1, 0.15) is 10.4 Å². The number of carbonyl (C=O) groups excluding carboxylic acids is 1. The summed E-state index contributed by atoms with van der Waals surface area (Å²) >= 11 is 3.28. The van der Waals surface area contributed by atoms with Crippen molar-refractivity contribution in [1.82, 2.24) is 0 Å². The number of rotatable bonds is 4. The van der Waals surface area contributed by atoms with Crippen LogP contribution < -0.4 is 16.6 Å². The van der Waals surface area contributed by atoms with E-state index in [-0.39, 0.29) is 16.9 Å². The highest BCUT2D eigenvalue weighted by molar-refractivity contribution is 9.10. The van der Waals surface area contributed by atoms with Crippen molar-refractivity contribution < 1.29 is 9.72 Å². The van der Waals surface area contributed by atoms with Gasteiger partial charge in [-0.25, -0.2) is 0 Å². The van der Waals surface area contributed by atoms with Crippen molar-refractivity contribution in [2.45, 2.75) is 0 Å².